The zero-order valence-electron chi connectivity index (χ0n) is 16.7. The van der Waals surface area contributed by atoms with Crippen molar-refractivity contribution in [3.8, 4) is 11.5 Å². The minimum absolute atomic E-state index is 0.106. The molecule has 1 aliphatic rings. The van der Waals surface area contributed by atoms with Gasteiger partial charge in [0.15, 0.2) is 16.6 Å². The number of rotatable bonds is 6. The summed E-state index contributed by atoms with van der Waals surface area (Å²) in [7, 11) is 5.13. The monoisotopic (exact) mass is 419 g/mol. The van der Waals surface area contributed by atoms with Crippen molar-refractivity contribution in [1.29, 1.82) is 0 Å². The number of piperazine rings is 1. The van der Waals surface area contributed by atoms with Crippen LogP contribution < -0.4 is 20.1 Å². The largest absolute Gasteiger partial charge is 0.493 e. The number of aromatic nitrogens is 1. The van der Waals surface area contributed by atoms with Gasteiger partial charge in [0.2, 0.25) is 5.91 Å². The average Bonchev–Trinajstić information content (AvgIpc) is 3.14. The molecule has 2 heterocycles. The third-order valence-corrected chi connectivity index (χ3v) is 5.37. The number of carbonyl (C=O) groups is 2. The molecular formula is C19H25N5O4S. The number of carbonyl (C=O) groups excluding carboxylic acids is 2. The Hall–Kier alpha value is -2.85. The molecule has 10 heteroatoms. The molecule has 0 spiro atoms. The van der Waals surface area contributed by atoms with Gasteiger partial charge in [0.1, 0.15) is 0 Å². The van der Waals surface area contributed by atoms with E-state index >= 15 is 0 Å². The fraction of sp³-hybridized carbons (Fsp3) is 0.421. The number of benzene rings is 1. The van der Waals surface area contributed by atoms with E-state index in [4.69, 9.17) is 9.47 Å². The second-order valence-corrected chi connectivity index (χ2v) is 7.52. The Morgan fingerprint density at radius 3 is 2.52 bits per heavy atom. The highest BCUT2D eigenvalue weighted by molar-refractivity contribution is 7.13. The number of amides is 3. The minimum Gasteiger partial charge on any atom is -0.493 e. The summed E-state index contributed by atoms with van der Waals surface area (Å²) in [6, 6.07) is 5.00. The molecule has 1 fully saturated rings. The van der Waals surface area contributed by atoms with Gasteiger partial charge < -0.3 is 24.6 Å². The summed E-state index contributed by atoms with van der Waals surface area (Å²) in [4.78, 5) is 32.9. The van der Waals surface area contributed by atoms with Crippen LogP contribution in [0.2, 0.25) is 0 Å². The molecule has 29 heavy (non-hydrogen) atoms. The molecule has 1 aromatic heterocycles. The van der Waals surface area contributed by atoms with Crippen molar-refractivity contribution in [3.63, 3.8) is 0 Å². The molecule has 1 aliphatic heterocycles. The van der Waals surface area contributed by atoms with E-state index in [-0.39, 0.29) is 18.4 Å². The van der Waals surface area contributed by atoms with E-state index in [0.29, 0.717) is 41.1 Å². The first-order chi connectivity index (χ1) is 14.0. The highest BCUT2D eigenvalue weighted by Gasteiger charge is 2.20. The summed E-state index contributed by atoms with van der Waals surface area (Å²) in [5.74, 6) is 0.915. The van der Waals surface area contributed by atoms with Crippen LogP contribution in [-0.4, -0.2) is 74.2 Å². The van der Waals surface area contributed by atoms with Gasteiger partial charge in [-0.25, -0.2) is 9.78 Å². The molecule has 0 aliphatic carbocycles. The van der Waals surface area contributed by atoms with Crippen molar-refractivity contribution in [2.24, 2.45) is 0 Å². The van der Waals surface area contributed by atoms with Crippen LogP contribution in [0.15, 0.2) is 23.6 Å². The van der Waals surface area contributed by atoms with Gasteiger partial charge in [-0.15, -0.1) is 11.3 Å². The molecule has 2 aromatic rings. The molecule has 0 unspecified atom stereocenters. The Labute approximate surface area is 173 Å². The second kappa shape index (κ2) is 9.57. The maximum atomic E-state index is 12.3. The van der Waals surface area contributed by atoms with Crippen LogP contribution >= 0.6 is 11.3 Å². The molecule has 1 saturated heterocycles. The van der Waals surface area contributed by atoms with Crippen molar-refractivity contribution in [2.75, 3.05) is 58.1 Å². The summed E-state index contributed by atoms with van der Waals surface area (Å²) < 4.78 is 10.4. The number of ether oxygens (including phenoxy) is 2. The van der Waals surface area contributed by atoms with Gasteiger partial charge in [-0.05, 0) is 19.2 Å². The molecule has 3 amide bonds. The Morgan fingerprint density at radius 2 is 1.83 bits per heavy atom. The van der Waals surface area contributed by atoms with Crippen LogP contribution in [0.4, 0.5) is 15.6 Å². The zero-order chi connectivity index (χ0) is 20.8. The Bertz CT molecular complexity index is 864. The molecule has 3 rings (SSSR count). The molecule has 0 saturated carbocycles. The standard InChI is InChI=1S/C19H25N5O4S/c1-23-6-8-24(9-7-23)19(26)22-18-21-14(12-29-18)11-17(25)20-13-4-5-15(27-2)16(10-13)28-3/h4-5,10,12H,6-9,11H2,1-3H3,(H,20,25)(H,21,22,26). The number of hydrogen-bond acceptors (Lipinski definition) is 7. The summed E-state index contributed by atoms with van der Waals surface area (Å²) in [5, 5.41) is 7.88. The lowest BCUT2D eigenvalue weighted by Gasteiger charge is -2.32. The predicted octanol–water partition coefficient (Wildman–Crippen LogP) is 2.12. The maximum absolute atomic E-state index is 12.3. The Morgan fingerprint density at radius 1 is 1.10 bits per heavy atom. The van der Waals surface area contributed by atoms with Gasteiger partial charge >= 0.3 is 6.03 Å². The number of nitrogens with one attached hydrogen (secondary N) is 2. The van der Waals surface area contributed by atoms with Gasteiger partial charge in [-0.2, -0.15) is 0 Å². The second-order valence-electron chi connectivity index (χ2n) is 6.66. The molecule has 1 aromatic carbocycles. The molecule has 0 atom stereocenters. The van der Waals surface area contributed by atoms with Gasteiger partial charge in [0.05, 0.1) is 26.3 Å². The molecule has 0 bridgehead atoms. The van der Waals surface area contributed by atoms with Gasteiger partial charge in [-0.1, -0.05) is 0 Å². The highest BCUT2D eigenvalue weighted by atomic mass is 32.1. The van der Waals surface area contributed by atoms with Gasteiger partial charge in [0.25, 0.3) is 0 Å². The van der Waals surface area contributed by atoms with E-state index in [0.717, 1.165) is 13.1 Å². The van der Waals surface area contributed by atoms with Crippen LogP contribution in [-0.2, 0) is 11.2 Å². The van der Waals surface area contributed by atoms with E-state index in [9.17, 15) is 9.59 Å². The first-order valence-corrected chi connectivity index (χ1v) is 10.1. The molecule has 156 valence electrons. The molecular weight excluding hydrogens is 394 g/mol. The quantitative estimate of drug-likeness (QED) is 0.745. The summed E-state index contributed by atoms with van der Waals surface area (Å²) in [6.45, 7) is 3.09. The number of hydrogen-bond donors (Lipinski definition) is 2. The van der Waals surface area contributed by atoms with E-state index in [1.807, 2.05) is 7.05 Å². The lowest BCUT2D eigenvalue weighted by atomic mass is 10.2. The van der Waals surface area contributed by atoms with Crippen molar-refractivity contribution >= 4 is 34.1 Å². The number of nitrogens with zero attached hydrogens (tertiary/aromatic N) is 3. The normalized spacial score (nSPS) is 14.4. The first kappa shape index (κ1) is 20.9. The molecule has 0 radical (unpaired) electrons. The highest BCUT2D eigenvalue weighted by Crippen LogP contribution is 2.29. The Balaban J connectivity index is 1.53. The summed E-state index contributed by atoms with van der Waals surface area (Å²) in [6.07, 6.45) is 0.106. The summed E-state index contributed by atoms with van der Waals surface area (Å²) in [5.41, 5.74) is 1.20. The van der Waals surface area contributed by atoms with E-state index < -0.39 is 0 Å². The number of methoxy groups -OCH3 is 2. The van der Waals surface area contributed by atoms with Gasteiger partial charge in [0, 0.05) is 43.3 Å². The van der Waals surface area contributed by atoms with E-state index in [1.165, 1.54) is 18.4 Å². The van der Waals surface area contributed by atoms with E-state index in [2.05, 4.69) is 20.5 Å². The van der Waals surface area contributed by atoms with E-state index in [1.54, 1.807) is 35.6 Å². The summed E-state index contributed by atoms with van der Waals surface area (Å²) >= 11 is 1.31. The van der Waals surface area contributed by atoms with Crippen LogP contribution in [0.5, 0.6) is 11.5 Å². The van der Waals surface area contributed by atoms with Crippen LogP contribution in [0.25, 0.3) is 0 Å². The number of likely N-dealkylation sites (N-methyl/N-ethyl adjacent to an activating group) is 1. The third kappa shape index (κ3) is 5.58. The van der Waals surface area contributed by atoms with Crippen molar-refractivity contribution in [1.82, 2.24) is 14.8 Å². The SMILES string of the molecule is COc1ccc(NC(=O)Cc2csc(NC(=O)N3CCN(C)CC3)n2)cc1OC. The number of thiazole rings is 1. The lowest BCUT2D eigenvalue weighted by Crippen LogP contribution is -2.48. The van der Waals surface area contributed by atoms with Crippen LogP contribution in [0, 0.1) is 0 Å². The molecule has 9 nitrogen and oxygen atoms in total. The van der Waals surface area contributed by atoms with Crippen LogP contribution in [0.1, 0.15) is 5.69 Å². The number of urea groups is 1. The maximum Gasteiger partial charge on any atom is 0.323 e. The van der Waals surface area contributed by atoms with Crippen molar-refractivity contribution in [3.05, 3.63) is 29.3 Å². The Kier molecular flexibility index (Phi) is 6.89. The molecule has 2 N–H and O–H groups in total. The van der Waals surface area contributed by atoms with Crippen molar-refractivity contribution < 1.29 is 19.1 Å². The van der Waals surface area contributed by atoms with Crippen LogP contribution in [0.3, 0.4) is 0 Å². The van der Waals surface area contributed by atoms with Crippen molar-refractivity contribution in [2.45, 2.75) is 6.42 Å². The average molecular weight is 420 g/mol. The predicted molar refractivity (Wildman–Crippen MR) is 112 cm³/mol. The minimum atomic E-state index is -0.209. The third-order valence-electron chi connectivity index (χ3n) is 4.57. The smallest absolute Gasteiger partial charge is 0.323 e. The number of anilines is 2. The zero-order valence-corrected chi connectivity index (χ0v) is 17.5. The lowest BCUT2D eigenvalue weighted by molar-refractivity contribution is -0.115. The topological polar surface area (TPSA) is 96.0 Å². The van der Waals surface area contributed by atoms with Gasteiger partial charge in [-0.3, -0.25) is 10.1 Å². The fourth-order valence-electron chi connectivity index (χ4n) is 2.91. The fourth-order valence-corrected chi connectivity index (χ4v) is 3.61. The first-order valence-electron chi connectivity index (χ1n) is 9.19.